The van der Waals surface area contributed by atoms with Gasteiger partial charge in [0.2, 0.25) is 0 Å². The molecule has 1 atom stereocenters. The van der Waals surface area contributed by atoms with Gasteiger partial charge in [0.15, 0.2) is 5.76 Å². The van der Waals surface area contributed by atoms with E-state index in [2.05, 4.69) is 17.1 Å². The average Bonchev–Trinajstić information content (AvgIpc) is 3.27. The minimum absolute atomic E-state index is 0.170. The SMILES string of the molecule is COc1ccc(OC)c([C@H](c2oc3ccccc3c2NC(=O)c2ccc(C)cc2)N2CCC(C)CC2)c1. The van der Waals surface area contributed by atoms with Gasteiger partial charge in [-0.1, -0.05) is 36.8 Å². The van der Waals surface area contributed by atoms with Gasteiger partial charge in [-0.2, -0.15) is 0 Å². The molecule has 1 amide bonds. The lowest BCUT2D eigenvalue weighted by atomic mass is 9.93. The largest absolute Gasteiger partial charge is 0.497 e. The number of methoxy groups -OCH3 is 2. The van der Waals surface area contributed by atoms with Crippen molar-refractivity contribution in [1.82, 2.24) is 4.90 Å². The van der Waals surface area contributed by atoms with Gasteiger partial charge in [-0.05, 0) is 81.2 Å². The Hall–Kier alpha value is -3.77. The first-order valence-corrected chi connectivity index (χ1v) is 12.8. The van der Waals surface area contributed by atoms with E-state index in [0.717, 1.165) is 59.5 Å². The van der Waals surface area contributed by atoms with Crippen molar-refractivity contribution in [3.05, 3.63) is 89.2 Å². The maximum absolute atomic E-state index is 13.4. The molecule has 1 aromatic heterocycles. The number of carbonyl (C=O) groups is 1. The Kier molecular flexibility index (Phi) is 7.19. The fourth-order valence-electron chi connectivity index (χ4n) is 5.12. The van der Waals surface area contributed by atoms with E-state index < -0.39 is 0 Å². The molecule has 0 bridgehead atoms. The van der Waals surface area contributed by atoms with Crippen LogP contribution in [0.2, 0.25) is 0 Å². The minimum atomic E-state index is -0.265. The normalized spacial score (nSPS) is 15.5. The molecular weight excluding hydrogens is 464 g/mol. The zero-order chi connectivity index (χ0) is 25.9. The molecule has 6 heteroatoms. The van der Waals surface area contributed by atoms with Crippen molar-refractivity contribution in [1.29, 1.82) is 0 Å². The maximum Gasteiger partial charge on any atom is 0.255 e. The number of rotatable bonds is 7. The zero-order valence-corrected chi connectivity index (χ0v) is 21.9. The lowest BCUT2D eigenvalue weighted by molar-refractivity contribution is 0.102. The molecule has 37 heavy (non-hydrogen) atoms. The number of piperidine rings is 1. The number of hydrogen-bond donors (Lipinski definition) is 1. The Morgan fingerprint density at radius 1 is 1.00 bits per heavy atom. The van der Waals surface area contributed by atoms with Crippen molar-refractivity contribution >= 4 is 22.6 Å². The number of benzene rings is 3. The van der Waals surface area contributed by atoms with Gasteiger partial charge < -0.3 is 19.2 Å². The third-order valence-corrected chi connectivity index (χ3v) is 7.34. The Balaban J connectivity index is 1.67. The summed E-state index contributed by atoms with van der Waals surface area (Å²) >= 11 is 0. The number of aryl methyl sites for hydroxylation is 1. The van der Waals surface area contributed by atoms with Gasteiger partial charge in [0.05, 0.1) is 25.9 Å². The molecule has 0 radical (unpaired) electrons. The number of furan rings is 1. The van der Waals surface area contributed by atoms with E-state index in [4.69, 9.17) is 13.9 Å². The molecule has 6 nitrogen and oxygen atoms in total. The summed E-state index contributed by atoms with van der Waals surface area (Å²) in [4.78, 5) is 15.8. The summed E-state index contributed by atoms with van der Waals surface area (Å²) in [6.07, 6.45) is 2.18. The summed E-state index contributed by atoms with van der Waals surface area (Å²) in [5, 5.41) is 4.07. The molecular formula is C31H34N2O4. The van der Waals surface area contributed by atoms with Crippen LogP contribution in [0.15, 0.2) is 71.1 Å². The highest BCUT2D eigenvalue weighted by Gasteiger charge is 2.34. The highest BCUT2D eigenvalue weighted by atomic mass is 16.5. The number of para-hydroxylation sites is 1. The first kappa shape index (κ1) is 24.9. The monoisotopic (exact) mass is 498 g/mol. The number of amides is 1. The molecule has 2 heterocycles. The van der Waals surface area contributed by atoms with Crippen LogP contribution in [0.1, 0.15) is 53.1 Å². The van der Waals surface area contributed by atoms with Gasteiger partial charge in [0.1, 0.15) is 17.1 Å². The minimum Gasteiger partial charge on any atom is -0.497 e. The maximum atomic E-state index is 13.4. The molecule has 1 saturated heterocycles. The van der Waals surface area contributed by atoms with Crippen LogP contribution in [0, 0.1) is 12.8 Å². The number of nitrogens with zero attached hydrogens (tertiary/aromatic N) is 1. The topological polar surface area (TPSA) is 63.9 Å². The van der Waals surface area contributed by atoms with Crippen LogP contribution >= 0.6 is 0 Å². The number of anilines is 1. The summed E-state index contributed by atoms with van der Waals surface area (Å²) in [6.45, 7) is 6.13. The van der Waals surface area contributed by atoms with E-state index in [-0.39, 0.29) is 11.9 Å². The molecule has 0 saturated carbocycles. The number of fused-ring (bicyclic) bond motifs is 1. The zero-order valence-electron chi connectivity index (χ0n) is 21.9. The van der Waals surface area contributed by atoms with Crippen molar-refractivity contribution in [3.8, 4) is 11.5 Å². The lowest BCUT2D eigenvalue weighted by Gasteiger charge is -2.37. The van der Waals surface area contributed by atoms with Crippen LogP contribution in [0.25, 0.3) is 11.0 Å². The first-order chi connectivity index (χ1) is 18.0. The smallest absolute Gasteiger partial charge is 0.255 e. The van der Waals surface area contributed by atoms with Crippen LogP contribution in [-0.4, -0.2) is 38.1 Å². The van der Waals surface area contributed by atoms with E-state index in [1.807, 2.05) is 73.7 Å². The van der Waals surface area contributed by atoms with Gasteiger partial charge in [0, 0.05) is 16.5 Å². The summed E-state index contributed by atoms with van der Waals surface area (Å²) in [7, 11) is 3.34. The van der Waals surface area contributed by atoms with E-state index in [1.54, 1.807) is 14.2 Å². The van der Waals surface area contributed by atoms with Crippen LogP contribution in [0.3, 0.4) is 0 Å². The average molecular weight is 499 g/mol. The molecule has 1 aliphatic rings. The van der Waals surface area contributed by atoms with E-state index in [9.17, 15) is 4.79 Å². The Morgan fingerprint density at radius 2 is 1.73 bits per heavy atom. The van der Waals surface area contributed by atoms with Crippen LogP contribution in [-0.2, 0) is 0 Å². The summed E-state index contributed by atoms with van der Waals surface area (Å²) in [5.74, 6) is 2.69. The highest BCUT2D eigenvalue weighted by molar-refractivity contribution is 6.09. The molecule has 1 N–H and O–H groups in total. The standard InChI is InChI=1S/C31H34N2O4/c1-20-9-11-22(12-10-20)31(34)32-28-24-7-5-6-8-27(24)37-30(28)29(33-17-15-21(2)16-18-33)25-19-23(35-3)13-14-26(25)36-4/h5-14,19,21,29H,15-18H2,1-4H3,(H,32,34)/t29-/m1/s1. The second kappa shape index (κ2) is 10.7. The van der Waals surface area contributed by atoms with Crippen molar-refractivity contribution < 1.29 is 18.7 Å². The number of carbonyl (C=O) groups excluding carboxylic acids is 1. The lowest BCUT2D eigenvalue weighted by Crippen LogP contribution is -2.37. The molecule has 1 fully saturated rings. The Labute approximate surface area is 218 Å². The molecule has 192 valence electrons. The summed E-state index contributed by atoms with van der Waals surface area (Å²) < 4.78 is 18.0. The molecule has 1 aliphatic heterocycles. The molecule has 0 aliphatic carbocycles. The Bertz CT molecular complexity index is 1380. The molecule has 5 rings (SSSR count). The number of hydrogen-bond acceptors (Lipinski definition) is 5. The van der Waals surface area contributed by atoms with Crippen LogP contribution in [0.5, 0.6) is 11.5 Å². The first-order valence-electron chi connectivity index (χ1n) is 12.8. The van der Waals surface area contributed by atoms with Gasteiger partial charge in [-0.15, -0.1) is 0 Å². The van der Waals surface area contributed by atoms with Crippen molar-refractivity contribution in [2.24, 2.45) is 5.92 Å². The number of ether oxygens (including phenoxy) is 2. The van der Waals surface area contributed by atoms with E-state index >= 15 is 0 Å². The Morgan fingerprint density at radius 3 is 2.43 bits per heavy atom. The second-order valence-corrected chi connectivity index (χ2v) is 9.89. The molecule has 4 aromatic rings. The summed E-state index contributed by atoms with van der Waals surface area (Å²) in [5.41, 5.74) is 4.07. The predicted molar refractivity (Wildman–Crippen MR) is 147 cm³/mol. The number of nitrogens with one attached hydrogen (secondary N) is 1. The predicted octanol–water partition coefficient (Wildman–Crippen LogP) is 6.83. The van der Waals surface area contributed by atoms with Gasteiger partial charge in [-0.3, -0.25) is 9.69 Å². The highest BCUT2D eigenvalue weighted by Crippen LogP contribution is 2.45. The molecule has 0 spiro atoms. The third kappa shape index (κ3) is 5.07. The van der Waals surface area contributed by atoms with Crippen LogP contribution < -0.4 is 14.8 Å². The van der Waals surface area contributed by atoms with Crippen molar-refractivity contribution in [3.63, 3.8) is 0 Å². The third-order valence-electron chi connectivity index (χ3n) is 7.34. The fraction of sp³-hybridized carbons (Fsp3) is 0.323. The van der Waals surface area contributed by atoms with Gasteiger partial charge in [0.25, 0.3) is 5.91 Å². The molecule has 0 unspecified atom stereocenters. The fourth-order valence-corrected chi connectivity index (χ4v) is 5.12. The van der Waals surface area contributed by atoms with Gasteiger partial charge >= 0.3 is 0 Å². The summed E-state index contributed by atoms with van der Waals surface area (Å²) in [6, 6.07) is 21.0. The van der Waals surface area contributed by atoms with E-state index in [0.29, 0.717) is 22.9 Å². The van der Waals surface area contributed by atoms with Crippen LogP contribution in [0.4, 0.5) is 5.69 Å². The van der Waals surface area contributed by atoms with Crippen molar-refractivity contribution in [2.75, 3.05) is 32.6 Å². The second-order valence-electron chi connectivity index (χ2n) is 9.89. The number of likely N-dealkylation sites (tertiary alicyclic amines) is 1. The van der Waals surface area contributed by atoms with E-state index in [1.165, 1.54) is 0 Å². The van der Waals surface area contributed by atoms with Crippen molar-refractivity contribution in [2.45, 2.75) is 32.7 Å². The van der Waals surface area contributed by atoms with Gasteiger partial charge in [-0.25, -0.2) is 0 Å². The molecule has 3 aromatic carbocycles. The quantitative estimate of drug-likeness (QED) is 0.302.